The summed E-state index contributed by atoms with van der Waals surface area (Å²) in [5.41, 5.74) is 2.21. The molecular weight excluding hydrogens is 248 g/mol. The average molecular weight is 260 g/mol. The monoisotopic (exact) mass is 260 g/mol. The van der Waals surface area contributed by atoms with Gasteiger partial charge in [0.1, 0.15) is 6.07 Å². The van der Waals surface area contributed by atoms with Gasteiger partial charge in [-0.05, 0) is 17.0 Å². The van der Waals surface area contributed by atoms with Crippen LogP contribution in [0.1, 0.15) is 5.69 Å². The Balaban J connectivity index is 2.45. The molecule has 0 aliphatic carbocycles. The molecule has 0 amide bonds. The number of aromatic nitrogens is 1. The summed E-state index contributed by atoms with van der Waals surface area (Å²) in [6.45, 7) is 0. The molecule has 0 bridgehead atoms. The van der Waals surface area contributed by atoms with Crippen LogP contribution < -0.4 is 4.74 Å². The van der Waals surface area contributed by atoms with Crippen molar-refractivity contribution in [3.63, 3.8) is 0 Å². The van der Waals surface area contributed by atoms with Gasteiger partial charge in [-0.2, -0.15) is 5.26 Å². The lowest BCUT2D eigenvalue weighted by Crippen LogP contribution is -1.96. The molecule has 96 valence electrons. The van der Waals surface area contributed by atoms with Gasteiger partial charge in [0.05, 0.1) is 7.11 Å². The summed E-state index contributed by atoms with van der Waals surface area (Å²) >= 11 is 0. The van der Waals surface area contributed by atoms with E-state index in [4.69, 9.17) is 4.74 Å². The molecule has 1 aromatic heterocycles. The third kappa shape index (κ3) is 1.88. The van der Waals surface area contributed by atoms with E-state index < -0.39 is 0 Å². The van der Waals surface area contributed by atoms with Gasteiger partial charge >= 0.3 is 0 Å². The van der Waals surface area contributed by atoms with Crippen LogP contribution in [0.2, 0.25) is 0 Å². The number of nitrogens with zero attached hydrogens (tertiary/aromatic N) is 2. The molecule has 0 N–H and O–H groups in total. The van der Waals surface area contributed by atoms with Crippen molar-refractivity contribution in [1.82, 2.24) is 4.98 Å². The van der Waals surface area contributed by atoms with Crippen molar-refractivity contribution < 1.29 is 4.74 Å². The van der Waals surface area contributed by atoms with E-state index in [0.717, 1.165) is 21.9 Å². The number of nitriles is 1. The predicted octanol–water partition coefficient (Wildman–Crippen LogP) is 3.78. The van der Waals surface area contributed by atoms with E-state index in [2.05, 4.69) is 11.1 Å². The number of pyridine rings is 1. The molecule has 1 heterocycles. The first kappa shape index (κ1) is 12.2. The fourth-order valence-corrected chi connectivity index (χ4v) is 2.37. The number of fused-ring (bicyclic) bond motifs is 1. The third-order valence-corrected chi connectivity index (χ3v) is 3.24. The third-order valence-electron chi connectivity index (χ3n) is 3.24. The minimum atomic E-state index is 0.381. The van der Waals surface area contributed by atoms with Crippen LogP contribution in [0.3, 0.4) is 0 Å². The zero-order valence-electron chi connectivity index (χ0n) is 11.0. The SMILES string of the molecule is COc1nc(C#N)c(-c2ccccc2)c2ccccc12. The van der Waals surface area contributed by atoms with Gasteiger partial charge in [0.2, 0.25) is 5.88 Å². The fourth-order valence-electron chi connectivity index (χ4n) is 2.37. The molecule has 3 nitrogen and oxygen atoms in total. The standard InChI is InChI=1S/C17H12N2O/c1-20-17-14-10-6-5-9-13(14)16(15(11-18)19-17)12-7-3-2-4-8-12/h2-10H,1H3. The molecule has 3 heteroatoms. The quantitative estimate of drug-likeness (QED) is 0.704. The van der Waals surface area contributed by atoms with Crippen LogP contribution in [-0.4, -0.2) is 12.1 Å². The molecule has 0 fully saturated rings. The minimum Gasteiger partial charge on any atom is -0.481 e. The smallest absolute Gasteiger partial charge is 0.222 e. The second-order valence-electron chi connectivity index (χ2n) is 4.37. The molecule has 20 heavy (non-hydrogen) atoms. The van der Waals surface area contributed by atoms with Crippen LogP contribution in [0.15, 0.2) is 54.6 Å². The van der Waals surface area contributed by atoms with Crippen LogP contribution in [0.4, 0.5) is 0 Å². The Bertz CT molecular complexity index is 804. The van der Waals surface area contributed by atoms with Gasteiger partial charge in [-0.25, -0.2) is 4.98 Å². The summed E-state index contributed by atoms with van der Waals surface area (Å²) in [5, 5.41) is 11.3. The molecule has 0 saturated heterocycles. The first-order valence-corrected chi connectivity index (χ1v) is 6.27. The average Bonchev–Trinajstić information content (AvgIpc) is 2.54. The lowest BCUT2D eigenvalue weighted by Gasteiger charge is -2.11. The van der Waals surface area contributed by atoms with Crippen molar-refractivity contribution in [2.75, 3.05) is 7.11 Å². The van der Waals surface area contributed by atoms with E-state index in [1.807, 2.05) is 54.6 Å². The van der Waals surface area contributed by atoms with Crippen molar-refractivity contribution in [2.24, 2.45) is 0 Å². The van der Waals surface area contributed by atoms with Crippen LogP contribution >= 0.6 is 0 Å². The molecule has 0 aliphatic rings. The van der Waals surface area contributed by atoms with E-state index in [0.29, 0.717) is 11.6 Å². The number of methoxy groups -OCH3 is 1. The number of hydrogen-bond acceptors (Lipinski definition) is 3. The van der Waals surface area contributed by atoms with Crippen molar-refractivity contribution >= 4 is 10.8 Å². The Hall–Kier alpha value is -2.86. The van der Waals surface area contributed by atoms with Crippen LogP contribution in [0, 0.1) is 11.3 Å². The molecule has 0 unspecified atom stereocenters. The van der Waals surface area contributed by atoms with Crippen molar-refractivity contribution in [2.45, 2.75) is 0 Å². The largest absolute Gasteiger partial charge is 0.481 e. The summed E-state index contributed by atoms with van der Waals surface area (Å²) in [6.07, 6.45) is 0. The summed E-state index contributed by atoms with van der Waals surface area (Å²) in [6, 6.07) is 19.8. The molecule has 3 aromatic rings. The maximum absolute atomic E-state index is 9.39. The Morgan fingerprint density at radius 1 is 0.950 bits per heavy atom. The number of rotatable bonds is 2. The van der Waals surface area contributed by atoms with Gasteiger partial charge in [-0.1, -0.05) is 48.5 Å². The van der Waals surface area contributed by atoms with E-state index in [9.17, 15) is 5.26 Å². The van der Waals surface area contributed by atoms with Gasteiger partial charge in [0.15, 0.2) is 5.69 Å². The first-order valence-electron chi connectivity index (χ1n) is 6.27. The minimum absolute atomic E-state index is 0.381. The highest BCUT2D eigenvalue weighted by Crippen LogP contribution is 2.34. The number of hydrogen-bond donors (Lipinski definition) is 0. The van der Waals surface area contributed by atoms with Gasteiger partial charge in [-0.3, -0.25) is 0 Å². The van der Waals surface area contributed by atoms with Crippen LogP contribution in [0.25, 0.3) is 21.9 Å². The van der Waals surface area contributed by atoms with E-state index in [-0.39, 0.29) is 0 Å². The number of benzene rings is 2. The number of ether oxygens (including phenoxy) is 1. The molecule has 0 atom stereocenters. The highest BCUT2D eigenvalue weighted by molar-refractivity contribution is 6.00. The second-order valence-corrected chi connectivity index (χ2v) is 4.37. The molecule has 0 radical (unpaired) electrons. The van der Waals surface area contributed by atoms with Crippen molar-refractivity contribution in [1.29, 1.82) is 5.26 Å². The van der Waals surface area contributed by atoms with E-state index in [1.165, 1.54) is 0 Å². The molecular formula is C17H12N2O. The highest BCUT2D eigenvalue weighted by Gasteiger charge is 2.15. The molecule has 0 saturated carbocycles. The van der Waals surface area contributed by atoms with E-state index >= 15 is 0 Å². The summed E-state index contributed by atoms with van der Waals surface area (Å²) in [5.74, 6) is 0.483. The predicted molar refractivity (Wildman–Crippen MR) is 78.4 cm³/mol. The molecule has 0 aliphatic heterocycles. The lowest BCUT2D eigenvalue weighted by molar-refractivity contribution is 0.403. The van der Waals surface area contributed by atoms with Gasteiger partial charge < -0.3 is 4.74 Å². The fraction of sp³-hybridized carbons (Fsp3) is 0.0588. The zero-order chi connectivity index (χ0) is 13.9. The Morgan fingerprint density at radius 3 is 2.25 bits per heavy atom. The first-order chi connectivity index (χ1) is 9.85. The summed E-state index contributed by atoms with van der Waals surface area (Å²) < 4.78 is 5.30. The maximum atomic E-state index is 9.39. The summed E-state index contributed by atoms with van der Waals surface area (Å²) in [7, 11) is 1.57. The van der Waals surface area contributed by atoms with Gasteiger partial charge in [0, 0.05) is 10.9 Å². The van der Waals surface area contributed by atoms with Crippen molar-refractivity contribution in [3.8, 4) is 23.1 Å². The summed E-state index contributed by atoms with van der Waals surface area (Å²) in [4.78, 5) is 4.33. The Labute approximate surface area is 117 Å². The highest BCUT2D eigenvalue weighted by atomic mass is 16.5. The van der Waals surface area contributed by atoms with Crippen molar-refractivity contribution in [3.05, 3.63) is 60.3 Å². The topological polar surface area (TPSA) is 45.9 Å². The van der Waals surface area contributed by atoms with Gasteiger partial charge in [0.25, 0.3) is 0 Å². The van der Waals surface area contributed by atoms with Crippen LogP contribution in [0.5, 0.6) is 5.88 Å². The molecule has 3 rings (SSSR count). The van der Waals surface area contributed by atoms with E-state index in [1.54, 1.807) is 7.11 Å². The molecule has 0 spiro atoms. The zero-order valence-corrected chi connectivity index (χ0v) is 11.0. The maximum Gasteiger partial charge on any atom is 0.222 e. The normalized spacial score (nSPS) is 10.2. The molecule has 2 aromatic carbocycles. The van der Waals surface area contributed by atoms with Crippen LogP contribution in [-0.2, 0) is 0 Å². The second kappa shape index (κ2) is 5.02. The Kier molecular flexibility index (Phi) is 3.06. The lowest BCUT2D eigenvalue weighted by atomic mass is 9.97. The Morgan fingerprint density at radius 2 is 1.60 bits per heavy atom. The van der Waals surface area contributed by atoms with Gasteiger partial charge in [-0.15, -0.1) is 0 Å².